The smallest absolute Gasteiger partial charge is 0.214 e. The Kier molecular flexibility index (Phi) is 4.87. The van der Waals surface area contributed by atoms with Gasteiger partial charge in [0.2, 0.25) is 5.82 Å². The minimum Gasteiger partial charge on any atom is -0.318 e. The van der Waals surface area contributed by atoms with Gasteiger partial charge in [-0.2, -0.15) is 0 Å². The van der Waals surface area contributed by atoms with Crippen LogP contribution in [-0.2, 0) is 13.0 Å². The van der Waals surface area contributed by atoms with Gasteiger partial charge in [0, 0.05) is 22.6 Å². The van der Waals surface area contributed by atoms with Gasteiger partial charge >= 0.3 is 0 Å². The molecule has 1 aliphatic carbocycles. The Labute approximate surface area is 170 Å². The first-order valence-corrected chi connectivity index (χ1v) is 10.6. The predicted molar refractivity (Wildman–Crippen MR) is 108 cm³/mol. The lowest BCUT2D eigenvalue weighted by Gasteiger charge is -2.32. The van der Waals surface area contributed by atoms with Crippen molar-refractivity contribution in [1.29, 1.82) is 0 Å². The maximum Gasteiger partial charge on any atom is 0.214 e. The summed E-state index contributed by atoms with van der Waals surface area (Å²) < 4.78 is 2.11. The van der Waals surface area contributed by atoms with Crippen LogP contribution in [0.5, 0.6) is 0 Å². The summed E-state index contributed by atoms with van der Waals surface area (Å²) in [5.41, 5.74) is 4.13. The first-order valence-electron chi connectivity index (χ1n) is 10.2. The van der Waals surface area contributed by atoms with Crippen LogP contribution >= 0.6 is 11.6 Å². The molecular weight excluding hydrogens is 370 g/mol. The van der Waals surface area contributed by atoms with Gasteiger partial charge in [-0.25, -0.2) is 4.68 Å². The Balaban J connectivity index is 1.55. The number of hydrogen-bond donors (Lipinski definition) is 1. The molecule has 5 nitrogen and oxygen atoms in total. The number of halogens is 1. The molecular formula is C22H25ClN5+. The van der Waals surface area contributed by atoms with Crippen molar-refractivity contribution in [2.24, 2.45) is 0 Å². The minimum atomic E-state index is 0.112. The van der Waals surface area contributed by atoms with Gasteiger partial charge in [0.05, 0.1) is 12.6 Å². The highest BCUT2D eigenvalue weighted by atomic mass is 35.5. The molecule has 0 bridgehead atoms. The summed E-state index contributed by atoms with van der Waals surface area (Å²) in [6.45, 7) is 2.06. The van der Waals surface area contributed by atoms with Crippen LogP contribution in [0.25, 0.3) is 0 Å². The summed E-state index contributed by atoms with van der Waals surface area (Å²) >= 11 is 6.18. The van der Waals surface area contributed by atoms with Gasteiger partial charge in [-0.3, -0.25) is 0 Å². The second-order valence-corrected chi connectivity index (χ2v) is 8.44. The van der Waals surface area contributed by atoms with Gasteiger partial charge in [-0.05, 0) is 41.0 Å². The van der Waals surface area contributed by atoms with E-state index in [0.717, 1.165) is 30.4 Å². The summed E-state index contributed by atoms with van der Waals surface area (Å²) in [4.78, 5) is 1.50. The Morgan fingerprint density at radius 3 is 2.54 bits per heavy atom. The number of quaternary nitrogens is 1. The number of hydrogen-bond acceptors (Lipinski definition) is 3. The molecule has 1 aromatic heterocycles. The molecule has 3 aromatic rings. The minimum absolute atomic E-state index is 0.112. The van der Waals surface area contributed by atoms with Crippen LogP contribution in [0.3, 0.4) is 0 Å². The second kappa shape index (κ2) is 7.64. The maximum atomic E-state index is 6.18. The van der Waals surface area contributed by atoms with E-state index in [1.807, 2.05) is 12.1 Å². The standard InChI is InChI=1S/C22H24ClN5/c23-19-11-9-17(10-12-19)21(22-24-25-26-28(22)20-7-3-4-8-20)27-14-13-16-5-1-2-6-18(16)15-27/h1-2,5-6,9-12,20-21H,3-4,7-8,13-15H2/p+1/t21-/m0/s1. The van der Waals surface area contributed by atoms with Crippen LogP contribution < -0.4 is 4.90 Å². The van der Waals surface area contributed by atoms with E-state index in [2.05, 4.69) is 56.6 Å². The first-order chi connectivity index (χ1) is 13.8. The number of aromatic nitrogens is 4. The number of rotatable bonds is 4. The molecule has 28 heavy (non-hydrogen) atoms. The van der Waals surface area contributed by atoms with Crippen LogP contribution in [0.2, 0.25) is 5.02 Å². The molecule has 6 heteroatoms. The number of tetrazole rings is 1. The van der Waals surface area contributed by atoms with Gasteiger partial charge in [0.1, 0.15) is 6.54 Å². The largest absolute Gasteiger partial charge is 0.318 e. The average Bonchev–Trinajstić information content (AvgIpc) is 3.41. The molecule has 2 aliphatic rings. The lowest BCUT2D eigenvalue weighted by molar-refractivity contribution is -0.941. The summed E-state index contributed by atoms with van der Waals surface area (Å²) in [5, 5.41) is 13.8. The van der Waals surface area contributed by atoms with E-state index in [9.17, 15) is 0 Å². The molecule has 0 spiro atoms. The topological polar surface area (TPSA) is 48.0 Å². The lowest BCUT2D eigenvalue weighted by Crippen LogP contribution is -3.12. The van der Waals surface area contributed by atoms with Crippen LogP contribution in [0, 0.1) is 0 Å². The summed E-state index contributed by atoms with van der Waals surface area (Å²) in [6, 6.07) is 17.6. The number of nitrogens with zero attached hydrogens (tertiary/aromatic N) is 4. The van der Waals surface area contributed by atoms with Gasteiger partial charge in [0.15, 0.2) is 6.04 Å². The molecule has 0 amide bonds. The number of fused-ring (bicyclic) bond motifs is 1. The van der Waals surface area contributed by atoms with E-state index in [0.29, 0.717) is 6.04 Å². The van der Waals surface area contributed by atoms with E-state index < -0.39 is 0 Å². The van der Waals surface area contributed by atoms with Crippen molar-refractivity contribution in [1.82, 2.24) is 20.2 Å². The summed E-state index contributed by atoms with van der Waals surface area (Å²) in [6.07, 6.45) is 5.95. The Morgan fingerprint density at radius 2 is 1.75 bits per heavy atom. The molecule has 1 fully saturated rings. The molecule has 2 atom stereocenters. The Morgan fingerprint density at radius 1 is 1.00 bits per heavy atom. The molecule has 144 valence electrons. The fourth-order valence-corrected chi connectivity index (χ4v) is 5.00. The zero-order valence-electron chi connectivity index (χ0n) is 15.9. The SMILES string of the molecule is Clc1ccc([C@@H](c2nnnn2C2CCCC2)[NH+]2CCc3ccccc3C2)cc1. The van der Waals surface area contributed by atoms with Gasteiger partial charge < -0.3 is 4.90 Å². The number of benzene rings is 2. The van der Waals surface area contributed by atoms with E-state index in [4.69, 9.17) is 11.6 Å². The van der Waals surface area contributed by atoms with E-state index in [-0.39, 0.29) is 6.04 Å². The molecule has 2 aromatic carbocycles. The monoisotopic (exact) mass is 394 g/mol. The molecule has 1 unspecified atom stereocenters. The highest BCUT2D eigenvalue weighted by Crippen LogP contribution is 2.31. The van der Waals surface area contributed by atoms with E-state index >= 15 is 0 Å². The van der Waals surface area contributed by atoms with Gasteiger partial charge in [-0.1, -0.05) is 60.8 Å². The molecule has 0 saturated heterocycles. The van der Waals surface area contributed by atoms with Crippen molar-refractivity contribution in [3.05, 3.63) is 76.1 Å². The molecule has 2 heterocycles. The highest BCUT2D eigenvalue weighted by Gasteiger charge is 2.35. The zero-order chi connectivity index (χ0) is 18.9. The highest BCUT2D eigenvalue weighted by molar-refractivity contribution is 6.30. The third-order valence-corrected chi connectivity index (χ3v) is 6.56. The summed E-state index contributed by atoms with van der Waals surface area (Å²) in [5.74, 6) is 0.989. The van der Waals surface area contributed by atoms with Crippen LogP contribution in [0.1, 0.15) is 60.3 Å². The summed E-state index contributed by atoms with van der Waals surface area (Å²) in [7, 11) is 0. The van der Waals surface area contributed by atoms with Crippen molar-refractivity contribution >= 4 is 11.6 Å². The fourth-order valence-electron chi connectivity index (χ4n) is 4.87. The zero-order valence-corrected chi connectivity index (χ0v) is 16.6. The second-order valence-electron chi connectivity index (χ2n) is 8.01. The van der Waals surface area contributed by atoms with Crippen LogP contribution in [-0.4, -0.2) is 26.8 Å². The fraction of sp³-hybridized carbons (Fsp3) is 0.409. The van der Waals surface area contributed by atoms with Crippen LogP contribution in [0.4, 0.5) is 0 Å². The quantitative estimate of drug-likeness (QED) is 0.739. The molecule has 1 N–H and O–H groups in total. The molecule has 1 saturated carbocycles. The lowest BCUT2D eigenvalue weighted by atomic mass is 9.96. The van der Waals surface area contributed by atoms with Crippen molar-refractivity contribution in [2.75, 3.05) is 6.54 Å². The Bertz CT molecular complexity index is 946. The van der Waals surface area contributed by atoms with Crippen molar-refractivity contribution in [2.45, 2.75) is 50.7 Å². The predicted octanol–water partition coefficient (Wildman–Crippen LogP) is 3.17. The van der Waals surface area contributed by atoms with E-state index in [1.54, 1.807) is 0 Å². The van der Waals surface area contributed by atoms with Crippen LogP contribution in [0.15, 0.2) is 48.5 Å². The molecule has 1 aliphatic heterocycles. The third-order valence-electron chi connectivity index (χ3n) is 6.31. The average molecular weight is 395 g/mol. The first kappa shape index (κ1) is 17.8. The van der Waals surface area contributed by atoms with Crippen molar-refractivity contribution in [3.8, 4) is 0 Å². The molecule has 5 rings (SSSR count). The maximum absolute atomic E-state index is 6.18. The Hall–Kier alpha value is -2.24. The molecule has 0 radical (unpaired) electrons. The van der Waals surface area contributed by atoms with Crippen molar-refractivity contribution < 1.29 is 4.90 Å². The van der Waals surface area contributed by atoms with Gasteiger partial charge in [-0.15, -0.1) is 5.10 Å². The third kappa shape index (κ3) is 3.33. The van der Waals surface area contributed by atoms with E-state index in [1.165, 1.54) is 47.3 Å². The number of nitrogens with one attached hydrogen (secondary N) is 1. The normalized spacial score (nSPS) is 20.8. The van der Waals surface area contributed by atoms with Crippen molar-refractivity contribution in [3.63, 3.8) is 0 Å². The van der Waals surface area contributed by atoms with Gasteiger partial charge in [0.25, 0.3) is 0 Å².